The van der Waals surface area contributed by atoms with Crippen molar-refractivity contribution in [1.29, 1.82) is 0 Å². The van der Waals surface area contributed by atoms with Crippen LogP contribution in [-0.2, 0) is 20.5 Å². The number of unbranched alkanes of at least 4 members (excludes halogenated alkanes) is 1. The Balaban J connectivity index is -0.000000204. The molecule has 1 aromatic heterocycles. The first kappa shape index (κ1) is 41.4. The smallest absolute Gasteiger partial charge is 0.433 e. The Morgan fingerprint density at radius 3 is 1.78 bits per heavy atom. The van der Waals surface area contributed by atoms with Crippen LogP contribution in [0.1, 0.15) is 99.3 Å². The number of ketones is 2. The third kappa shape index (κ3) is 31.3. The largest absolute Gasteiger partial charge is 0.501 e. The van der Waals surface area contributed by atoms with E-state index in [0.717, 1.165) is 17.4 Å². The van der Waals surface area contributed by atoms with E-state index in [0.29, 0.717) is 12.0 Å². The Bertz CT molecular complexity index is 776. The molecule has 0 aromatic carbocycles. The highest BCUT2D eigenvalue weighted by Gasteiger charge is 2.31. The van der Waals surface area contributed by atoms with E-state index in [4.69, 9.17) is 4.74 Å². The zero-order valence-corrected chi connectivity index (χ0v) is 24.9. The normalized spacial score (nSPS) is 10.4. The van der Waals surface area contributed by atoms with Crippen molar-refractivity contribution in [2.24, 2.45) is 5.92 Å². The second kappa shape index (κ2) is 26.4. The fraction of sp³-hybridized carbons (Fsp3) is 0.567. The van der Waals surface area contributed by atoms with Gasteiger partial charge in [0, 0.05) is 24.1 Å². The first-order valence-corrected chi connectivity index (χ1v) is 12.7. The Morgan fingerprint density at radius 1 is 1.05 bits per heavy atom. The molecule has 37 heavy (non-hydrogen) atoms. The maximum absolute atomic E-state index is 11.9. The minimum absolute atomic E-state index is 0.0692. The van der Waals surface area contributed by atoms with E-state index in [2.05, 4.69) is 39.3 Å². The molecule has 0 bridgehead atoms. The van der Waals surface area contributed by atoms with Crippen LogP contribution in [0.5, 0.6) is 0 Å². The Kier molecular flexibility index (Phi) is 29.5. The molecular formula is C30H50F3NO3. The van der Waals surface area contributed by atoms with E-state index in [9.17, 15) is 22.8 Å². The fourth-order valence-corrected chi connectivity index (χ4v) is 1.32. The van der Waals surface area contributed by atoms with Gasteiger partial charge in [0.1, 0.15) is 11.5 Å². The van der Waals surface area contributed by atoms with Gasteiger partial charge >= 0.3 is 6.18 Å². The monoisotopic (exact) mass is 529 g/mol. The van der Waals surface area contributed by atoms with Crippen molar-refractivity contribution in [3.63, 3.8) is 0 Å². The summed E-state index contributed by atoms with van der Waals surface area (Å²) in [6.45, 7) is 23.0. The molecule has 214 valence electrons. The Morgan fingerprint density at radius 2 is 1.51 bits per heavy atom. The van der Waals surface area contributed by atoms with Crippen LogP contribution in [-0.4, -0.2) is 23.7 Å². The molecule has 0 atom stereocenters. The van der Waals surface area contributed by atoms with E-state index in [1.807, 2.05) is 27.7 Å². The molecule has 0 amide bonds. The molecule has 0 fully saturated rings. The lowest BCUT2D eigenvalue weighted by Gasteiger charge is -2.03. The number of methoxy groups -OCH3 is 1. The lowest BCUT2D eigenvalue weighted by Crippen LogP contribution is -2.07. The number of halogens is 3. The van der Waals surface area contributed by atoms with Gasteiger partial charge in [-0.05, 0) is 38.5 Å². The molecule has 7 heteroatoms. The minimum atomic E-state index is -4.33. The van der Waals surface area contributed by atoms with E-state index in [1.165, 1.54) is 31.5 Å². The molecule has 1 aromatic rings. The summed E-state index contributed by atoms with van der Waals surface area (Å²) >= 11 is 0. The summed E-state index contributed by atoms with van der Waals surface area (Å²) in [5.41, 5.74) is 0.406. The zero-order valence-electron chi connectivity index (χ0n) is 24.9. The summed E-state index contributed by atoms with van der Waals surface area (Å²) < 4.78 is 40.5. The number of nitrogens with zero attached hydrogens (tertiary/aromatic N) is 1. The summed E-state index contributed by atoms with van der Waals surface area (Å²) in [5.74, 6) is 1.34. The SMILES string of the molecule is C=C(/C=C\C=C(/C)OC)C(=O)CC.CC(=O)C(C)C.CCC.CCCC.Cc1ccc(C(F)(F)F)nc1. The van der Waals surface area contributed by atoms with Crippen LogP contribution in [0.2, 0.25) is 0 Å². The number of hydrogen-bond acceptors (Lipinski definition) is 4. The van der Waals surface area contributed by atoms with Crippen molar-refractivity contribution in [1.82, 2.24) is 4.98 Å². The number of Topliss-reactive ketones (excluding diaryl/α,β-unsaturated/α-hetero) is 2. The lowest BCUT2D eigenvalue weighted by atomic mass is 10.1. The molecule has 1 rings (SSSR count). The topological polar surface area (TPSA) is 56.3 Å². The standard InChI is InChI=1S/C11H16O2.C7H6F3N.C5H10O.C4H10.C3H8/c1-5-11(12)9(2)7-6-8-10(3)13-4;1-5-2-3-6(11-4-5)7(8,9)10;1-4(2)5(3)6;1-3-4-2;1-3-2/h6-8H,2,5H2,1,3-4H3;2-4H,1H3;4H,1-3H3;3-4H2,1-2H3;3H2,1-2H3/b7-6-,10-8+;;;;. The van der Waals surface area contributed by atoms with Gasteiger partial charge in [-0.2, -0.15) is 13.2 Å². The average molecular weight is 530 g/mol. The Labute approximate surface area is 224 Å². The van der Waals surface area contributed by atoms with Crippen LogP contribution in [0, 0.1) is 12.8 Å². The highest BCUT2D eigenvalue weighted by atomic mass is 19.4. The molecule has 0 spiro atoms. The van der Waals surface area contributed by atoms with Gasteiger partial charge in [0.2, 0.25) is 0 Å². The van der Waals surface area contributed by atoms with Crippen molar-refractivity contribution >= 4 is 11.6 Å². The highest BCUT2D eigenvalue weighted by Crippen LogP contribution is 2.26. The molecule has 0 N–H and O–H groups in total. The van der Waals surface area contributed by atoms with Crippen molar-refractivity contribution in [3.05, 3.63) is 65.7 Å². The number of hydrogen-bond donors (Lipinski definition) is 0. The summed E-state index contributed by atoms with van der Waals surface area (Å²) in [7, 11) is 1.60. The molecule has 0 unspecified atom stereocenters. The number of allylic oxidation sites excluding steroid dienone is 5. The quantitative estimate of drug-likeness (QED) is 0.200. The number of alkyl halides is 3. The van der Waals surface area contributed by atoms with Gasteiger partial charge in [-0.25, -0.2) is 0 Å². The molecule has 0 aliphatic carbocycles. The average Bonchev–Trinajstić information content (AvgIpc) is 2.84. The molecule has 0 aliphatic heterocycles. The zero-order chi connectivity index (χ0) is 30.0. The first-order valence-electron chi connectivity index (χ1n) is 12.7. The van der Waals surface area contributed by atoms with Crippen molar-refractivity contribution in [2.45, 2.75) is 101 Å². The molecule has 0 saturated heterocycles. The molecule has 0 saturated carbocycles. The molecule has 4 nitrogen and oxygen atoms in total. The molecule has 1 heterocycles. The van der Waals surface area contributed by atoms with Crippen LogP contribution in [0.25, 0.3) is 0 Å². The van der Waals surface area contributed by atoms with Crippen molar-refractivity contribution in [2.75, 3.05) is 7.11 Å². The van der Waals surface area contributed by atoms with Gasteiger partial charge in [-0.3, -0.25) is 14.6 Å². The lowest BCUT2D eigenvalue weighted by molar-refractivity contribution is -0.141. The van der Waals surface area contributed by atoms with Gasteiger partial charge in [0.05, 0.1) is 12.9 Å². The van der Waals surface area contributed by atoms with Gasteiger partial charge in [-0.1, -0.05) is 92.5 Å². The predicted molar refractivity (Wildman–Crippen MR) is 150 cm³/mol. The number of aromatic nitrogens is 1. The maximum atomic E-state index is 11.9. The van der Waals surface area contributed by atoms with Crippen LogP contribution < -0.4 is 0 Å². The summed E-state index contributed by atoms with van der Waals surface area (Å²) in [4.78, 5) is 24.4. The van der Waals surface area contributed by atoms with Crippen LogP contribution >= 0.6 is 0 Å². The summed E-state index contributed by atoms with van der Waals surface area (Å²) in [5, 5.41) is 0. The van der Waals surface area contributed by atoms with E-state index in [1.54, 1.807) is 39.2 Å². The van der Waals surface area contributed by atoms with E-state index in [-0.39, 0.29) is 17.5 Å². The van der Waals surface area contributed by atoms with Crippen molar-refractivity contribution in [3.8, 4) is 0 Å². The van der Waals surface area contributed by atoms with Gasteiger partial charge in [-0.15, -0.1) is 0 Å². The second-order valence-electron chi connectivity index (χ2n) is 8.33. The van der Waals surface area contributed by atoms with Crippen LogP contribution in [0.15, 0.2) is 54.5 Å². The van der Waals surface area contributed by atoms with Gasteiger partial charge < -0.3 is 4.74 Å². The summed E-state index contributed by atoms with van der Waals surface area (Å²) in [6.07, 6.45) is 6.49. The number of carbonyl (C=O) groups is 2. The molecular weight excluding hydrogens is 479 g/mol. The van der Waals surface area contributed by atoms with Crippen LogP contribution in [0.4, 0.5) is 13.2 Å². The minimum Gasteiger partial charge on any atom is -0.501 e. The highest BCUT2D eigenvalue weighted by molar-refractivity contribution is 5.97. The van der Waals surface area contributed by atoms with Crippen molar-refractivity contribution < 1.29 is 27.5 Å². The maximum Gasteiger partial charge on any atom is 0.433 e. The van der Waals surface area contributed by atoms with Crippen LogP contribution in [0.3, 0.4) is 0 Å². The first-order chi connectivity index (χ1) is 17.1. The predicted octanol–water partition coefficient (Wildman–Crippen LogP) is 9.49. The third-order valence-electron chi connectivity index (χ3n) is 4.14. The fourth-order valence-electron chi connectivity index (χ4n) is 1.32. The van der Waals surface area contributed by atoms with Gasteiger partial charge in [0.15, 0.2) is 5.78 Å². The second-order valence-corrected chi connectivity index (χ2v) is 8.33. The number of carbonyl (C=O) groups excluding carboxylic acids is 2. The number of pyridine rings is 1. The number of rotatable bonds is 7. The van der Waals surface area contributed by atoms with E-state index < -0.39 is 11.9 Å². The van der Waals surface area contributed by atoms with E-state index >= 15 is 0 Å². The molecule has 0 aliphatic rings. The Hall–Kier alpha value is -2.70. The number of aryl methyl sites for hydroxylation is 1. The third-order valence-corrected chi connectivity index (χ3v) is 4.14. The number of ether oxygens (including phenoxy) is 1. The summed E-state index contributed by atoms with van der Waals surface area (Å²) in [6, 6.07) is 2.35. The van der Waals surface area contributed by atoms with Gasteiger partial charge in [0.25, 0.3) is 0 Å². The molecule has 0 radical (unpaired) electrons.